The molecule has 8 heteroatoms. The molecule has 1 fully saturated rings. The van der Waals surface area contributed by atoms with Crippen molar-refractivity contribution in [2.75, 3.05) is 0 Å². The van der Waals surface area contributed by atoms with E-state index < -0.39 is 11.8 Å². The van der Waals surface area contributed by atoms with Gasteiger partial charge in [-0.1, -0.05) is 18.2 Å². The summed E-state index contributed by atoms with van der Waals surface area (Å²) < 4.78 is 15.0. The molecule has 28 heavy (non-hydrogen) atoms. The summed E-state index contributed by atoms with van der Waals surface area (Å²) in [7, 11) is 0. The third kappa shape index (κ3) is 3.45. The Labute approximate surface area is 164 Å². The van der Waals surface area contributed by atoms with Gasteiger partial charge in [-0.05, 0) is 54.7 Å². The number of rotatable bonds is 3. The first-order valence-corrected chi connectivity index (χ1v) is 8.71. The summed E-state index contributed by atoms with van der Waals surface area (Å²) in [6.45, 7) is 0. The van der Waals surface area contributed by atoms with E-state index in [1.165, 1.54) is 18.2 Å². The van der Waals surface area contributed by atoms with Gasteiger partial charge in [0.05, 0.1) is 11.4 Å². The zero-order valence-electron chi connectivity index (χ0n) is 14.3. The first-order chi connectivity index (χ1) is 13.5. The van der Waals surface area contributed by atoms with Crippen LogP contribution >= 0.6 is 12.2 Å². The molecule has 1 aliphatic rings. The van der Waals surface area contributed by atoms with Gasteiger partial charge in [-0.2, -0.15) is 5.10 Å². The second-order valence-electron chi connectivity index (χ2n) is 6.02. The van der Waals surface area contributed by atoms with Crippen LogP contribution in [0.4, 0.5) is 4.39 Å². The largest absolute Gasteiger partial charge is 0.299 e. The molecule has 4 rings (SSSR count). The van der Waals surface area contributed by atoms with Gasteiger partial charge in [0.1, 0.15) is 11.4 Å². The SMILES string of the molecule is O=C1NC(=S)NC(=O)C1=Cc1cn(-c2ccccc2)nc1-c1ccc(F)cc1. The third-order valence-electron chi connectivity index (χ3n) is 4.12. The maximum Gasteiger partial charge on any atom is 0.263 e. The van der Waals surface area contributed by atoms with Crippen molar-refractivity contribution in [2.45, 2.75) is 0 Å². The lowest BCUT2D eigenvalue weighted by Crippen LogP contribution is -2.51. The average molecular weight is 392 g/mol. The van der Waals surface area contributed by atoms with Crippen LogP contribution in [-0.2, 0) is 9.59 Å². The Morgan fingerprint density at radius 2 is 1.61 bits per heavy atom. The molecule has 1 aliphatic heterocycles. The van der Waals surface area contributed by atoms with E-state index >= 15 is 0 Å². The quantitative estimate of drug-likeness (QED) is 0.408. The highest BCUT2D eigenvalue weighted by atomic mass is 32.1. The highest BCUT2D eigenvalue weighted by molar-refractivity contribution is 7.80. The fourth-order valence-corrected chi connectivity index (χ4v) is 2.99. The summed E-state index contributed by atoms with van der Waals surface area (Å²) in [4.78, 5) is 24.4. The van der Waals surface area contributed by atoms with Gasteiger partial charge in [-0.3, -0.25) is 20.2 Å². The number of hydrogen-bond donors (Lipinski definition) is 2. The molecule has 1 aromatic heterocycles. The van der Waals surface area contributed by atoms with Gasteiger partial charge in [0.15, 0.2) is 5.11 Å². The molecule has 3 aromatic rings. The van der Waals surface area contributed by atoms with Gasteiger partial charge in [-0.25, -0.2) is 9.07 Å². The van der Waals surface area contributed by atoms with E-state index in [1.807, 2.05) is 30.3 Å². The van der Waals surface area contributed by atoms with E-state index in [4.69, 9.17) is 12.2 Å². The number of benzene rings is 2. The molecule has 2 aromatic carbocycles. The van der Waals surface area contributed by atoms with Crippen LogP contribution in [-0.4, -0.2) is 26.7 Å². The molecule has 0 spiro atoms. The summed E-state index contributed by atoms with van der Waals surface area (Å²) in [5.74, 6) is -1.55. The molecular formula is C20H13FN4O2S. The van der Waals surface area contributed by atoms with Gasteiger partial charge in [0.2, 0.25) is 0 Å². The molecule has 0 unspecified atom stereocenters. The zero-order chi connectivity index (χ0) is 19.7. The Bertz CT molecular complexity index is 1100. The molecule has 0 radical (unpaired) electrons. The molecule has 2 amide bonds. The Balaban J connectivity index is 1.85. The lowest BCUT2D eigenvalue weighted by Gasteiger charge is -2.16. The van der Waals surface area contributed by atoms with Crippen molar-refractivity contribution >= 4 is 35.2 Å². The summed E-state index contributed by atoms with van der Waals surface area (Å²) in [6.07, 6.45) is 3.14. The number of carbonyl (C=O) groups excluding carboxylic acids is 2. The number of thiocarbonyl (C=S) groups is 1. The van der Waals surface area contributed by atoms with Gasteiger partial charge in [0.25, 0.3) is 11.8 Å². The Morgan fingerprint density at radius 1 is 0.964 bits per heavy atom. The maximum absolute atomic E-state index is 13.3. The number of nitrogens with one attached hydrogen (secondary N) is 2. The number of hydrogen-bond acceptors (Lipinski definition) is 4. The second-order valence-corrected chi connectivity index (χ2v) is 6.42. The Hall–Kier alpha value is -3.65. The van der Waals surface area contributed by atoms with Crippen LogP contribution in [0.1, 0.15) is 5.56 Å². The lowest BCUT2D eigenvalue weighted by atomic mass is 10.0. The van der Waals surface area contributed by atoms with E-state index in [0.29, 0.717) is 16.8 Å². The van der Waals surface area contributed by atoms with Crippen molar-refractivity contribution in [2.24, 2.45) is 0 Å². The first-order valence-electron chi connectivity index (χ1n) is 8.30. The minimum Gasteiger partial charge on any atom is -0.299 e. The van der Waals surface area contributed by atoms with E-state index in [9.17, 15) is 14.0 Å². The fourth-order valence-electron chi connectivity index (χ4n) is 2.80. The smallest absolute Gasteiger partial charge is 0.263 e. The Kier molecular flexibility index (Phi) is 4.54. The molecule has 2 N–H and O–H groups in total. The number of aromatic nitrogens is 2. The number of halogens is 1. The summed E-state index contributed by atoms with van der Waals surface area (Å²) in [5, 5.41) is 9.34. The van der Waals surface area contributed by atoms with E-state index in [-0.39, 0.29) is 16.5 Å². The topological polar surface area (TPSA) is 76.0 Å². The van der Waals surface area contributed by atoms with Gasteiger partial charge >= 0.3 is 0 Å². The molecular weight excluding hydrogens is 379 g/mol. The van der Waals surface area contributed by atoms with Crippen molar-refractivity contribution in [3.63, 3.8) is 0 Å². The van der Waals surface area contributed by atoms with Crippen molar-refractivity contribution < 1.29 is 14.0 Å². The van der Waals surface area contributed by atoms with Crippen LogP contribution in [0.3, 0.4) is 0 Å². The lowest BCUT2D eigenvalue weighted by molar-refractivity contribution is -0.123. The zero-order valence-corrected chi connectivity index (χ0v) is 15.2. The van der Waals surface area contributed by atoms with Crippen LogP contribution in [0, 0.1) is 5.82 Å². The number of carbonyl (C=O) groups is 2. The molecule has 0 atom stereocenters. The van der Waals surface area contributed by atoms with E-state index in [0.717, 1.165) is 5.69 Å². The normalized spacial score (nSPS) is 13.9. The van der Waals surface area contributed by atoms with Crippen LogP contribution in [0.5, 0.6) is 0 Å². The summed E-state index contributed by atoms with van der Waals surface area (Å²) in [5.41, 5.74) is 2.39. The summed E-state index contributed by atoms with van der Waals surface area (Å²) in [6, 6.07) is 15.2. The van der Waals surface area contributed by atoms with Gasteiger partial charge in [-0.15, -0.1) is 0 Å². The first kappa shape index (κ1) is 17.7. The number of amides is 2. The average Bonchev–Trinajstić information content (AvgIpc) is 3.10. The molecule has 138 valence electrons. The summed E-state index contributed by atoms with van der Waals surface area (Å²) >= 11 is 4.82. The van der Waals surface area contributed by atoms with Crippen molar-refractivity contribution in [1.82, 2.24) is 20.4 Å². The van der Waals surface area contributed by atoms with E-state index in [2.05, 4.69) is 15.7 Å². The van der Waals surface area contributed by atoms with Gasteiger partial charge < -0.3 is 0 Å². The van der Waals surface area contributed by atoms with Crippen LogP contribution < -0.4 is 10.6 Å². The Morgan fingerprint density at radius 3 is 2.25 bits per heavy atom. The minimum absolute atomic E-state index is 0.0362. The van der Waals surface area contributed by atoms with Crippen LogP contribution in [0.2, 0.25) is 0 Å². The second kappa shape index (κ2) is 7.16. The van der Waals surface area contributed by atoms with Crippen molar-refractivity contribution in [3.8, 4) is 16.9 Å². The van der Waals surface area contributed by atoms with Crippen LogP contribution in [0.25, 0.3) is 23.0 Å². The molecule has 0 aliphatic carbocycles. The number of para-hydroxylation sites is 1. The molecule has 2 heterocycles. The molecule has 0 saturated carbocycles. The van der Waals surface area contributed by atoms with Crippen LogP contribution in [0.15, 0.2) is 66.4 Å². The minimum atomic E-state index is -0.591. The van der Waals surface area contributed by atoms with E-state index in [1.54, 1.807) is 23.0 Å². The fraction of sp³-hybridized carbons (Fsp3) is 0. The molecule has 6 nitrogen and oxygen atoms in total. The predicted molar refractivity (Wildman–Crippen MR) is 106 cm³/mol. The monoisotopic (exact) mass is 392 g/mol. The standard InChI is InChI=1S/C20H13FN4O2S/c21-14-8-6-12(7-9-14)17-13(10-16-18(26)22-20(28)23-19(16)27)11-25(24-17)15-4-2-1-3-5-15/h1-11H,(H2,22,23,26,27,28). The highest BCUT2D eigenvalue weighted by Gasteiger charge is 2.26. The van der Waals surface area contributed by atoms with Crippen molar-refractivity contribution in [1.29, 1.82) is 0 Å². The highest BCUT2D eigenvalue weighted by Crippen LogP contribution is 2.26. The number of nitrogens with zero attached hydrogens (tertiary/aromatic N) is 2. The third-order valence-corrected chi connectivity index (χ3v) is 4.33. The van der Waals surface area contributed by atoms with Gasteiger partial charge in [0, 0.05) is 17.3 Å². The molecule has 0 bridgehead atoms. The van der Waals surface area contributed by atoms with Crippen molar-refractivity contribution in [3.05, 3.63) is 77.7 Å². The maximum atomic E-state index is 13.3. The molecule has 1 saturated heterocycles. The predicted octanol–water partition coefficient (Wildman–Crippen LogP) is 2.59.